The minimum Gasteiger partial charge on any atom is -0.383 e. The largest absolute Gasteiger partial charge is 0.383 e. The van der Waals surface area contributed by atoms with E-state index in [1.807, 2.05) is 17.7 Å². The van der Waals surface area contributed by atoms with E-state index in [0.29, 0.717) is 18.7 Å². The molecule has 6 heteroatoms. The van der Waals surface area contributed by atoms with E-state index in [0.717, 1.165) is 5.82 Å². The van der Waals surface area contributed by atoms with Gasteiger partial charge in [0, 0.05) is 20.0 Å². The van der Waals surface area contributed by atoms with Gasteiger partial charge in [0.25, 0.3) is 0 Å². The van der Waals surface area contributed by atoms with Crippen molar-refractivity contribution in [1.29, 1.82) is 5.26 Å². The van der Waals surface area contributed by atoms with Crippen LogP contribution in [0.5, 0.6) is 0 Å². The van der Waals surface area contributed by atoms with E-state index in [9.17, 15) is 4.39 Å². The van der Waals surface area contributed by atoms with E-state index < -0.39 is 5.82 Å². The van der Waals surface area contributed by atoms with Crippen LogP contribution in [0.2, 0.25) is 0 Å². The summed E-state index contributed by atoms with van der Waals surface area (Å²) in [6.07, 6.45) is 2.27. The summed E-state index contributed by atoms with van der Waals surface area (Å²) >= 11 is 0. The van der Waals surface area contributed by atoms with Gasteiger partial charge in [-0.1, -0.05) is 6.07 Å². The molecule has 0 amide bonds. The predicted molar refractivity (Wildman–Crippen MR) is 64.3 cm³/mol. The number of aryl methyl sites for hydroxylation is 1. The van der Waals surface area contributed by atoms with Crippen LogP contribution in [-0.2, 0) is 13.5 Å². The second-order valence-electron chi connectivity index (χ2n) is 3.81. The maximum absolute atomic E-state index is 13.3. The molecule has 5 nitrogen and oxygen atoms in total. The fraction of sp³-hybridized carbons (Fsp3) is 0.250. The zero-order valence-electron chi connectivity index (χ0n) is 9.89. The molecule has 1 aromatic carbocycles. The molecule has 0 atom stereocenters. The van der Waals surface area contributed by atoms with Crippen LogP contribution in [0.15, 0.2) is 24.5 Å². The zero-order chi connectivity index (χ0) is 13.0. The first-order chi connectivity index (χ1) is 8.72. The number of halogens is 1. The lowest BCUT2D eigenvalue weighted by Gasteiger charge is -2.08. The standard InChI is InChI=1S/C12H12FN5/c1-18-8-16-17-12(18)5-6-15-11-4-2-3-10(13)9(11)7-14/h2-4,8,15H,5-6H2,1H3. The monoisotopic (exact) mass is 245 g/mol. The maximum atomic E-state index is 13.3. The number of hydrogen-bond acceptors (Lipinski definition) is 4. The third kappa shape index (κ3) is 2.46. The lowest BCUT2D eigenvalue weighted by Crippen LogP contribution is -2.10. The van der Waals surface area contributed by atoms with Crippen LogP contribution in [-0.4, -0.2) is 21.3 Å². The van der Waals surface area contributed by atoms with Crippen molar-refractivity contribution in [2.75, 3.05) is 11.9 Å². The summed E-state index contributed by atoms with van der Waals surface area (Å²) in [7, 11) is 1.86. The number of nitriles is 1. The summed E-state index contributed by atoms with van der Waals surface area (Å²) in [6.45, 7) is 0.560. The molecule has 92 valence electrons. The van der Waals surface area contributed by atoms with Crippen LogP contribution in [0.4, 0.5) is 10.1 Å². The Labute approximate surface area is 104 Å². The number of anilines is 1. The molecule has 0 unspecified atom stereocenters. The Morgan fingerprint density at radius 2 is 2.33 bits per heavy atom. The molecule has 2 aromatic rings. The highest BCUT2D eigenvalue weighted by molar-refractivity contribution is 5.57. The second-order valence-corrected chi connectivity index (χ2v) is 3.81. The highest BCUT2D eigenvalue weighted by Gasteiger charge is 2.07. The van der Waals surface area contributed by atoms with Crippen molar-refractivity contribution >= 4 is 5.69 Å². The van der Waals surface area contributed by atoms with Crippen molar-refractivity contribution in [2.45, 2.75) is 6.42 Å². The average molecular weight is 245 g/mol. The molecule has 0 fully saturated rings. The van der Waals surface area contributed by atoms with Gasteiger partial charge >= 0.3 is 0 Å². The minimum atomic E-state index is -0.513. The zero-order valence-corrected chi connectivity index (χ0v) is 9.89. The number of benzene rings is 1. The summed E-state index contributed by atoms with van der Waals surface area (Å²) < 4.78 is 15.1. The Morgan fingerprint density at radius 1 is 1.50 bits per heavy atom. The molecule has 0 bridgehead atoms. The van der Waals surface area contributed by atoms with Crippen molar-refractivity contribution in [3.05, 3.63) is 41.7 Å². The number of hydrogen-bond donors (Lipinski definition) is 1. The van der Waals surface area contributed by atoms with Gasteiger partial charge in [0.15, 0.2) is 0 Å². The van der Waals surface area contributed by atoms with Crippen molar-refractivity contribution in [3.63, 3.8) is 0 Å². The fourth-order valence-electron chi connectivity index (χ4n) is 1.63. The number of aromatic nitrogens is 3. The second kappa shape index (κ2) is 5.27. The SMILES string of the molecule is Cn1cnnc1CCNc1cccc(F)c1C#N. The van der Waals surface area contributed by atoms with E-state index in [1.165, 1.54) is 6.07 Å². The topological polar surface area (TPSA) is 66.5 Å². The smallest absolute Gasteiger partial charge is 0.143 e. The number of nitrogens with one attached hydrogen (secondary N) is 1. The number of rotatable bonds is 4. The first kappa shape index (κ1) is 12.0. The van der Waals surface area contributed by atoms with Crippen molar-refractivity contribution in [1.82, 2.24) is 14.8 Å². The lowest BCUT2D eigenvalue weighted by molar-refractivity contribution is 0.624. The molecule has 1 heterocycles. The molecule has 18 heavy (non-hydrogen) atoms. The molecular weight excluding hydrogens is 233 g/mol. The predicted octanol–water partition coefficient (Wildman–Crippen LogP) is 1.48. The highest BCUT2D eigenvalue weighted by Crippen LogP contribution is 2.17. The summed E-state index contributed by atoms with van der Waals surface area (Å²) in [5.74, 6) is 0.318. The Morgan fingerprint density at radius 3 is 3.00 bits per heavy atom. The molecular formula is C12H12FN5. The molecule has 1 aromatic heterocycles. The Kier molecular flexibility index (Phi) is 3.53. The lowest BCUT2D eigenvalue weighted by atomic mass is 10.2. The van der Waals surface area contributed by atoms with E-state index >= 15 is 0 Å². The summed E-state index contributed by atoms with van der Waals surface area (Å²) in [5, 5.41) is 19.6. The Bertz CT molecular complexity index is 584. The number of nitrogens with zero attached hydrogens (tertiary/aromatic N) is 4. The maximum Gasteiger partial charge on any atom is 0.143 e. The molecule has 0 aliphatic heterocycles. The van der Waals surface area contributed by atoms with Crippen molar-refractivity contribution in [2.24, 2.45) is 7.05 Å². The van der Waals surface area contributed by atoms with Crippen LogP contribution in [0, 0.1) is 17.1 Å². The molecule has 0 aliphatic rings. The van der Waals surface area contributed by atoms with Crippen LogP contribution >= 0.6 is 0 Å². The summed E-state index contributed by atoms with van der Waals surface area (Å²) in [5.41, 5.74) is 0.537. The molecule has 1 N–H and O–H groups in total. The third-order valence-corrected chi connectivity index (χ3v) is 2.59. The molecule has 0 radical (unpaired) electrons. The van der Waals surface area contributed by atoms with Gasteiger partial charge in [-0.15, -0.1) is 10.2 Å². The first-order valence-corrected chi connectivity index (χ1v) is 5.47. The van der Waals surface area contributed by atoms with Gasteiger partial charge in [0.05, 0.1) is 5.69 Å². The fourth-order valence-corrected chi connectivity index (χ4v) is 1.63. The van der Waals surface area contributed by atoms with Crippen LogP contribution in [0.25, 0.3) is 0 Å². The van der Waals surface area contributed by atoms with Crippen LogP contribution in [0.3, 0.4) is 0 Å². The quantitative estimate of drug-likeness (QED) is 0.886. The minimum absolute atomic E-state index is 0.0375. The normalized spacial score (nSPS) is 10.1. The van der Waals surface area contributed by atoms with Gasteiger partial charge in [-0.25, -0.2) is 4.39 Å². The van der Waals surface area contributed by atoms with E-state index in [1.54, 1.807) is 18.5 Å². The van der Waals surface area contributed by atoms with E-state index in [2.05, 4.69) is 15.5 Å². The highest BCUT2D eigenvalue weighted by atomic mass is 19.1. The summed E-state index contributed by atoms with van der Waals surface area (Å²) in [4.78, 5) is 0. The molecule has 2 rings (SSSR count). The molecule has 0 saturated heterocycles. The van der Waals surface area contributed by atoms with Crippen molar-refractivity contribution < 1.29 is 4.39 Å². The average Bonchev–Trinajstić information content (AvgIpc) is 2.75. The first-order valence-electron chi connectivity index (χ1n) is 5.47. The van der Waals surface area contributed by atoms with Crippen LogP contribution < -0.4 is 5.32 Å². The van der Waals surface area contributed by atoms with E-state index in [-0.39, 0.29) is 5.56 Å². The van der Waals surface area contributed by atoms with Gasteiger partial charge in [-0.2, -0.15) is 5.26 Å². The van der Waals surface area contributed by atoms with Gasteiger partial charge < -0.3 is 9.88 Å². The van der Waals surface area contributed by atoms with Gasteiger partial charge in [0.2, 0.25) is 0 Å². The van der Waals surface area contributed by atoms with E-state index in [4.69, 9.17) is 5.26 Å². The van der Waals surface area contributed by atoms with Crippen molar-refractivity contribution in [3.8, 4) is 6.07 Å². The van der Waals surface area contributed by atoms with Gasteiger partial charge in [0.1, 0.15) is 29.6 Å². The van der Waals surface area contributed by atoms with Gasteiger partial charge in [-0.05, 0) is 12.1 Å². The van der Waals surface area contributed by atoms with Crippen LogP contribution in [0.1, 0.15) is 11.4 Å². The Hall–Kier alpha value is -2.42. The van der Waals surface area contributed by atoms with Gasteiger partial charge in [-0.3, -0.25) is 0 Å². The molecule has 0 aliphatic carbocycles. The molecule has 0 saturated carbocycles. The Balaban J connectivity index is 2.01. The third-order valence-electron chi connectivity index (χ3n) is 2.59. The molecule has 0 spiro atoms. The summed E-state index contributed by atoms with van der Waals surface area (Å²) in [6, 6.07) is 6.37.